The molecule has 82 valence electrons. The first-order valence-corrected chi connectivity index (χ1v) is 4.59. The van der Waals surface area contributed by atoms with Crippen LogP contribution < -0.4 is 0 Å². The van der Waals surface area contributed by atoms with Crippen molar-refractivity contribution in [2.75, 3.05) is 0 Å². The van der Waals surface area contributed by atoms with E-state index in [0.717, 1.165) is 12.2 Å². The van der Waals surface area contributed by atoms with Crippen molar-refractivity contribution in [1.82, 2.24) is 15.0 Å². The van der Waals surface area contributed by atoms with Crippen molar-refractivity contribution in [3.63, 3.8) is 0 Å². The number of hydrogen-bond donors (Lipinski definition) is 1. The third kappa shape index (κ3) is 1.90. The molecule has 1 heterocycles. The van der Waals surface area contributed by atoms with E-state index in [1.54, 1.807) is 7.05 Å². The predicted molar refractivity (Wildman–Crippen MR) is 48.2 cm³/mol. The zero-order valence-electron chi connectivity index (χ0n) is 8.19. The van der Waals surface area contributed by atoms with Crippen molar-refractivity contribution >= 4 is 0 Å². The molecule has 1 aliphatic carbocycles. The van der Waals surface area contributed by atoms with Crippen LogP contribution in [0.5, 0.6) is 0 Å². The zero-order chi connectivity index (χ0) is 11.1. The van der Waals surface area contributed by atoms with Crippen LogP contribution in [0.3, 0.4) is 0 Å². The Balaban J connectivity index is 2.30. The number of alkyl halides is 2. The van der Waals surface area contributed by atoms with Crippen LogP contribution in [-0.4, -0.2) is 26.0 Å². The standard InChI is InChI=1S/C9H11F2N3O/c1-14-6-7(12-13-14)8(15)2-4-9(10,11)5-3-8/h2,4,6,15H,3,5H2,1H3. The number of halogens is 2. The van der Waals surface area contributed by atoms with Gasteiger partial charge in [-0.25, -0.2) is 8.78 Å². The predicted octanol–water partition coefficient (Wildman–Crippen LogP) is 0.988. The highest BCUT2D eigenvalue weighted by atomic mass is 19.3. The third-order valence-corrected chi connectivity index (χ3v) is 2.49. The number of rotatable bonds is 1. The van der Waals surface area contributed by atoms with Crippen molar-refractivity contribution in [2.24, 2.45) is 7.05 Å². The van der Waals surface area contributed by atoms with E-state index in [1.807, 2.05) is 0 Å². The molecule has 0 saturated heterocycles. The van der Waals surface area contributed by atoms with Gasteiger partial charge in [0.05, 0.1) is 6.20 Å². The molecule has 2 rings (SSSR count). The van der Waals surface area contributed by atoms with Gasteiger partial charge in [0.25, 0.3) is 5.92 Å². The number of aromatic nitrogens is 3. The van der Waals surface area contributed by atoms with Gasteiger partial charge in [-0.1, -0.05) is 5.21 Å². The topological polar surface area (TPSA) is 50.9 Å². The quantitative estimate of drug-likeness (QED) is 0.711. The molecule has 4 nitrogen and oxygen atoms in total. The first-order valence-electron chi connectivity index (χ1n) is 4.59. The Hall–Kier alpha value is -1.30. The van der Waals surface area contributed by atoms with Gasteiger partial charge >= 0.3 is 0 Å². The normalized spacial score (nSPS) is 29.3. The van der Waals surface area contributed by atoms with Crippen molar-refractivity contribution < 1.29 is 13.9 Å². The summed E-state index contributed by atoms with van der Waals surface area (Å²) in [4.78, 5) is 0. The minimum Gasteiger partial charge on any atom is -0.379 e. The van der Waals surface area contributed by atoms with E-state index < -0.39 is 11.5 Å². The van der Waals surface area contributed by atoms with Crippen molar-refractivity contribution in [3.8, 4) is 0 Å². The lowest BCUT2D eigenvalue weighted by molar-refractivity contribution is -0.0154. The largest absolute Gasteiger partial charge is 0.379 e. The molecule has 1 aromatic rings. The molecule has 0 aliphatic heterocycles. The molecule has 0 saturated carbocycles. The second-order valence-corrected chi connectivity index (χ2v) is 3.80. The van der Waals surface area contributed by atoms with Gasteiger partial charge < -0.3 is 5.11 Å². The summed E-state index contributed by atoms with van der Waals surface area (Å²) in [6, 6.07) is 0. The molecule has 1 aliphatic rings. The van der Waals surface area contributed by atoms with Crippen molar-refractivity contribution in [2.45, 2.75) is 24.4 Å². The van der Waals surface area contributed by atoms with Crippen molar-refractivity contribution in [1.29, 1.82) is 0 Å². The van der Waals surface area contributed by atoms with E-state index >= 15 is 0 Å². The van der Waals surface area contributed by atoms with Crippen LogP contribution in [0.25, 0.3) is 0 Å². The van der Waals surface area contributed by atoms with E-state index in [9.17, 15) is 13.9 Å². The summed E-state index contributed by atoms with van der Waals surface area (Å²) in [7, 11) is 1.65. The number of allylic oxidation sites excluding steroid dienone is 1. The van der Waals surface area contributed by atoms with Gasteiger partial charge in [0, 0.05) is 13.5 Å². The van der Waals surface area contributed by atoms with Gasteiger partial charge in [0.1, 0.15) is 11.3 Å². The van der Waals surface area contributed by atoms with Crippen LogP contribution >= 0.6 is 0 Å². The maximum Gasteiger partial charge on any atom is 0.266 e. The molecule has 1 aromatic heterocycles. The highest BCUT2D eigenvalue weighted by Crippen LogP contribution is 2.37. The molecule has 1 N–H and O–H groups in total. The number of aryl methyl sites for hydroxylation is 1. The highest BCUT2D eigenvalue weighted by molar-refractivity contribution is 5.21. The van der Waals surface area contributed by atoms with Crippen LogP contribution in [0.1, 0.15) is 18.5 Å². The molecule has 1 atom stereocenters. The number of hydrogen-bond acceptors (Lipinski definition) is 3. The monoisotopic (exact) mass is 215 g/mol. The van der Waals surface area contributed by atoms with Gasteiger partial charge in [-0.15, -0.1) is 5.10 Å². The summed E-state index contributed by atoms with van der Waals surface area (Å²) in [5, 5.41) is 17.4. The first kappa shape index (κ1) is 10.2. The Morgan fingerprint density at radius 2 is 2.13 bits per heavy atom. The fourth-order valence-electron chi connectivity index (χ4n) is 1.54. The van der Waals surface area contributed by atoms with Crippen LogP contribution in [-0.2, 0) is 12.6 Å². The van der Waals surface area contributed by atoms with Crippen LogP contribution in [0.2, 0.25) is 0 Å². The molecule has 0 radical (unpaired) electrons. The number of nitrogens with zero attached hydrogens (tertiary/aromatic N) is 3. The minimum absolute atomic E-state index is 0.0464. The van der Waals surface area contributed by atoms with Crippen molar-refractivity contribution in [3.05, 3.63) is 24.0 Å². The van der Waals surface area contributed by atoms with E-state index in [0.29, 0.717) is 5.69 Å². The minimum atomic E-state index is -2.82. The molecule has 0 bridgehead atoms. The Morgan fingerprint density at radius 3 is 2.60 bits per heavy atom. The second-order valence-electron chi connectivity index (χ2n) is 3.80. The van der Waals surface area contributed by atoms with Crippen LogP contribution in [0, 0.1) is 0 Å². The lowest BCUT2D eigenvalue weighted by Gasteiger charge is -2.28. The zero-order valence-corrected chi connectivity index (χ0v) is 8.19. The van der Waals surface area contributed by atoms with E-state index in [2.05, 4.69) is 10.3 Å². The molecular weight excluding hydrogens is 204 g/mol. The maximum atomic E-state index is 12.8. The smallest absolute Gasteiger partial charge is 0.266 e. The summed E-state index contributed by atoms with van der Waals surface area (Å²) >= 11 is 0. The molecular formula is C9H11F2N3O. The SMILES string of the molecule is Cn1cc(C2(O)C=CC(F)(F)CC2)nn1. The molecule has 1 unspecified atom stereocenters. The molecule has 15 heavy (non-hydrogen) atoms. The summed E-state index contributed by atoms with van der Waals surface area (Å²) in [6.45, 7) is 0. The van der Waals surface area contributed by atoms with Gasteiger partial charge in [-0.2, -0.15) is 0 Å². The molecule has 0 amide bonds. The summed E-state index contributed by atoms with van der Waals surface area (Å²) in [5.41, 5.74) is -1.10. The van der Waals surface area contributed by atoms with E-state index in [4.69, 9.17) is 0 Å². The first-order chi connectivity index (χ1) is 6.91. The Morgan fingerprint density at radius 1 is 1.40 bits per heavy atom. The summed E-state index contributed by atoms with van der Waals surface area (Å²) < 4.78 is 27.1. The van der Waals surface area contributed by atoms with Crippen LogP contribution in [0.4, 0.5) is 8.78 Å². The fraction of sp³-hybridized carbons (Fsp3) is 0.556. The van der Waals surface area contributed by atoms with Crippen LogP contribution in [0.15, 0.2) is 18.3 Å². The van der Waals surface area contributed by atoms with E-state index in [-0.39, 0.29) is 12.8 Å². The molecule has 6 heteroatoms. The van der Waals surface area contributed by atoms with Gasteiger partial charge in [0.15, 0.2) is 0 Å². The molecule has 0 fully saturated rings. The average molecular weight is 215 g/mol. The Labute approximate surface area is 85.2 Å². The average Bonchev–Trinajstić information content (AvgIpc) is 2.59. The highest BCUT2D eigenvalue weighted by Gasteiger charge is 2.39. The number of aliphatic hydroxyl groups is 1. The van der Waals surface area contributed by atoms with Gasteiger partial charge in [-0.05, 0) is 18.6 Å². The Kier molecular flexibility index (Phi) is 2.11. The fourth-order valence-corrected chi connectivity index (χ4v) is 1.54. The maximum absolute atomic E-state index is 12.8. The van der Waals surface area contributed by atoms with E-state index in [1.165, 1.54) is 10.9 Å². The van der Waals surface area contributed by atoms with Gasteiger partial charge in [0.2, 0.25) is 0 Å². The second kappa shape index (κ2) is 3.10. The Bertz CT molecular complexity index is 402. The third-order valence-electron chi connectivity index (χ3n) is 2.49. The summed E-state index contributed by atoms with van der Waals surface area (Å²) in [6.07, 6.45) is 2.92. The summed E-state index contributed by atoms with van der Waals surface area (Å²) in [5.74, 6) is -2.82. The lowest BCUT2D eigenvalue weighted by Crippen LogP contribution is -2.31. The lowest BCUT2D eigenvalue weighted by atomic mass is 9.87. The molecule has 0 aromatic carbocycles. The molecule has 0 spiro atoms. The van der Waals surface area contributed by atoms with Gasteiger partial charge in [-0.3, -0.25) is 4.68 Å².